The number of hydrogen-bond donors (Lipinski definition) is 1. The molecule has 4 nitrogen and oxygen atoms in total. The van der Waals surface area contributed by atoms with Gasteiger partial charge in [0, 0.05) is 12.6 Å². The summed E-state index contributed by atoms with van der Waals surface area (Å²) in [6.07, 6.45) is 0.141. The van der Waals surface area contributed by atoms with Gasteiger partial charge >= 0.3 is 0 Å². The second kappa shape index (κ2) is 6.93. The molecule has 5 heteroatoms. The van der Waals surface area contributed by atoms with Gasteiger partial charge in [-0.05, 0) is 23.6 Å². The third-order valence-corrected chi connectivity index (χ3v) is 5.05. The summed E-state index contributed by atoms with van der Waals surface area (Å²) >= 11 is 6.61. The van der Waals surface area contributed by atoms with Crippen LogP contribution < -0.4 is 0 Å². The highest BCUT2D eigenvalue weighted by Gasteiger charge is 2.49. The number of rotatable bonds is 5. The second-order valence-electron chi connectivity index (χ2n) is 5.91. The summed E-state index contributed by atoms with van der Waals surface area (Å²) in [7, 11) is 1.59. The molecule has 2 aromatic rings. The molecule has 24 heavy (non-hydrogen) atoms. The Morgan fingerprint density at radius 1 is 1.17 bits per heavy atom. The van der Waals surface area contributed by atoms with Crippen molar-refractivity contribution in [2.24, 2.45) is 0 Å². The minimum atomic E-state index is -1.30. The van der Waals surface area contributed by atoms with E-state index in [2.05, 4.69) is 0 Å². The molecule has 2 atom stereocenters. The number of halogens is 1. The first-order valence-electron chi connectivity index (χ1n) is 7.90. The fourth-order valence-corrected chi connectivity index (χ4v) is 3.29. The minimum Gasteiger partial charge on any atom is -0.392 e. The van der Waals surface area contributed by atoms with Crippen molar-refractivity contribution in [2.45, 2.75) is 17.5 Å². The first kappa shape index (κ1) is 17.0. The lowest BCUT2D eigenvalue weighted by atomic mass is 9.90. The number of benzene rings is 2. The highest BCUT2D eigenvalue weighted by atomic mass is 35.5. The van der Waals surface area contributed by atoms with Crippen molar-refractivity contribution < 1.29 is 14.6 Å². The van der Waals surface area contributed by atoms with Gasteiger partial charge < -0.3 is 14.7 Å². The number of alkyl halides is 1. The second-order valence-corrected chi connectivity index (χ2v) is 6.57. The number of carbonyl (C=O) groups is 1. The molecule has 0 radical (unpaired) electrons. The lowest BCUT2D eigenvalue weighted by Gasteiger charge is -2.45. The number of nitrogens with zero attached hydrogens (tertiary/aromatic N) is 1. The van der Waals surface area contributed by atoms with Crippen LogP contribution in [0.2, 0.25) is 0 Å². The fraction of sp³-hybridized carbons (Fsp3) is 0.316. The van der Waals surface area contributed by atoms with Gasteiger partial charge in [0.25, 0.3) is 5.91 Å². The molecule has 0 aliphatic carbocycles. The Morgan fingerprint density at radius 3 is 2.54 bits per heavy atom. The number of likely N-dealkylation sites (N-methyl/N-ethyl adjacent to an activating group) is 1. The largest absolute Gasteiger partial charge is 0.392 e. The highest BCUT2D eigenvalue weighted by Crippen LogP contribution is 2.43. The average Bonchev–Trinajstić information content (AvgIpc) is 2.63. The van der Waals surface area contributed by atoms with Crippen LogP contribution in [0.5, 0.6) is 0 Å². The van der Waals surface area contributed by atoms with Crippen LogP contribution in [-0.4, -0.2) is 41.2 Å². The van der Waals surface area contributed by atoms with Gasteiger partial charge in [-0.3, -0.25) is 4.79 Å². The van der Waals surface area contributed by atoms with Crippen LogP contribution in [0, 0.1) is 0 Å². The number of aliphatic hydroxyl groups is 1. The maximum Gasteiger partial charge on any atom is 0.255 e. The predicted molar refractivity (Wildman–Crippen MR) is 93.0 cm³/mol. The van der Waals surface area contributed by atoms with Gasteiger partial charge in [0.05, 0.1) is 13.2 Å². The summed E-state index contributed by atoms with van der Waals surface area (Å²) in [6.45, 7) is 0.0562. The number of hydrogen-bond acceptors (Lipinski definition) is 3. The van der Waals surface area contributed by atoms with Crippen LogP contribution in [0.4, 0.5) is 0 Å². The highest BCUT2D eigenvalue weighted by molar-refractivity contribution is 6.26. The van der Waals surface area contributed by atoms with Gasteiger partial charge in [-0.2, -0.15) is 0 Å². The van der Waals surface area contributed by atoms with Crippen molar-refractivity contribution in [1.29, 1.82) is 0 Å². The molecule has 2 aromatic carbocycles. The monoisotopic (exact) mass is 345 g/mol. The van der Waals surface area contributed by atoms with E-state index in [9.17, 15) is 9.90 Å². The van der Waals surface area contributed by atoms with Gasteiger partial charge in [-0.15, -0.1) is 0 Å². The zero-order valence-corrected chi connectivity index (χ0v) is 14.2. The standard InChI is InChI=1S/C19H20ClNO3/c1-21-18(23)16-10-6-5-9-15(16)17(19(21,20)13-22)24-12-11-14-7-3-2-4-8-14/h2-10,17,22H,11-13H2,1H3. The Morgan fingerprint density at radius 2 is 1.83 bits per heavy atom. The number of fused-ring (bicyclic) bond motifs is 1. The lowest BCUT2D eigenvalue weighted by molar-refractivity contribution is -0.0481. The van der Waals surface area contributed by atoms with E-state index < -0.39 is 11.1 Å². The van der Waals surface area contributed by atoms with Crippen LogP contribution in [0.3, 0.4) is 0 Å². The van der Waals surface area contributed by atoms with Gasteiger partial charge in [-0.1, -0.05) is 60.1 Å². The van der Waals surface area contributed by atoms with Gasteiger partial charge in [0.15, 0.2) is 5.00 Å². The van der Waals surface area contributed by atoms with E-state index in [0.29, 0.717) is 12.2 Å². The van der Waals surface area contributed by atoms with E-state index in [1.165, 1.54) is 4.90 Å². The number of ether oxygens (including phenoxy) is 1. The Balaban J connectivity index is 1.85. The zero-order chi connectivity index (χ0) is 17.2. The molecule has 0 spiro atoms. The van der Waals surface area contributed by atoms with E-state index in [-0.39, 0.29) is 12.5 Å². The molecule has 3 rings (SSSR count). The summed E-state index contributed by atoms with van der Waals surface area (Å²) in [5.41, 5.74) is 2.45. The number of carbonyl (C=O) groups excluding carboxylic acids is 1. The molecular formula is C19H20ClNO3. The van der Waals surface area contributed by atoms with Crippen molar-refractivity contribution in [2.75, 3.05) is 20.3 Å². The summed E-state index contributed by atoms with van der Waals surface area (Å²) < 4.78 is 6.05. The average molecular weight is 346 g/mol. The smallest absolute Gasteiger partial charge is 0.255 e. The zero-order valence-electron chi connectivity index (χ0n) is 13.5. The third kappa shape index (κ3) is 2.93. The molecule has 1 aliphatic rings. The topological polar surface area (TPSA) is 49.8 Å². The molecule has 1 aliphatic heterocycles. The molecule has 0 fully saturated rings. The van der Waals surface area contributed by atoms with E-state index in [1.54, 1.807) is 13.1 Å². The molecule has 126 valence electrons. The van der Waals surface area contributed by atoms with E-state index in [0.717, 1.165) is 17.5 Å². The van der Waals surface area contributed by atoms with E-state index >= 15 is 0 Å². The fourth-order valence-electron chi connectivity index (χ4n) is 3.03. The molecule has 2 unspecified atom stereocenters. The summed E-state index contributed by atoms with van der Waals surface area (Å²) in [6, 6.07) is 17.3. The molecule has 0 saturated heterocycles. The van der Waals surface area contributed by atoms with E-state index in [4.69, 9.17) is 16.3 Å². The van der Waals surface area contributed by atoms with Crippen molar-refractivity contribution in [3.05, 3.63) is 71.3 Å². The van der Waals surface area contributed by atoms with Crippen LogP contribution in [0.25, 0.3) is 0 Å². The van der Waals surface area contributed by atoms with E-state index in [1.807, 2.05) is 48.5 Å². The number of aliphatic hydroxyl groups excluding tert-OH is 1. The first-order chi connectivity index (χ1) is 11.6. The SMILES string of the molecule is CN1C(=O)c2ccccc2C(OCCc2ccccc2)C1(Cl)CO. The van der Waals surface area contributed by atoms with Crippen molar-refractivity contribution in [3.8, 4) is 0 Å². The van der Waals surface area contributed by atoms with Gasteiger partial charge in [0.2, 0.25) is 0 Å². The summed E-state index contributed by atoms with van der Waals surface area (Å²) in [4.78, 5) is 12.6. The van der Waals surface area contributed by atoms with Crippen LogP contribution in [0.1, 0.15) is 27.6 Å². The maximum atomic E-state index is 12.5. The van der Waals surface area contributed by atoms with Crippen LogP contribution in [-0.2, 0) is 11.2 Å². The van der Waals surface area contributed by atoms with Crippen molar-refractivity contribution in [1.82, 2.24) is 4.90 Å². The van der Waals surface area contributed by atoms with Crippen molar-refractivity contribution >= 4 is 17.5 Å². The normalized spacial score (nSPS) is 23.2. The van der Waals surface area contributed by atoms with Crippen molar-refractivity contribution in [3.63, 3.8) is 0 Å². The lowest BCUT2D eigenvalue weighted by Crippen LogP contribution is -2.56. The number of amides is 1. The molecule has 0 saturated carbocycles. The Labute approximate surface area is 146 Å². The molecular weight excluding hydrogens is 326 g/mol. The van der Waals surface area contributed by atoms with Gasteiger partial charge in [0.1, 0.15) is 6.10 Å². The Bertz CT molecular complexity index is 722. The molecule has 1 heterocycles. The molecule has 1 N–H and O–H groups in total. The maximum absolute atomic E-state index is 12.5. The third-order valence-electron chi connectivity index (χ3n) is 4.48. The van der Waals surface area contributed by atoms with Crippen LogP contribution >= 0.6 is 11.6 Å². The van der Waals surface area contributed by atoms with Crippen LogP contribution in [0.15, 0.2) is 54.6 Å². The van der Waals surface area contributed by atoms with Gasteiger partial charge in [-0.25, -0.2) is 0 Å². The predicted octanol–water partition coefficient (Wildman–Crippen LogP) is 3.00. The Kier molecular flexibility index (Phi) is 4.90. The minimum absolute atomic E-state index is 0.211. The summed E-state index contributed by atoms with van der Waals surface area (Å²) in [5.74, 6) is -0.211. The first-order valence-corrected chi connectivity index (χ1v) is 8.28. The Hall–Kier alpha value is -1.88. The molecule has 0 bridgehead atoms. The summed E-state index contributed by atoms with van der Waals surface area (Å²) in [5, 5.41) is 9.85. The molecule has 0 aromatic heterocycles. The quantitative estimate of drug-likeness (QED) is 0.669. The molecule has 1 amide bonds.